The van der Waals surface area contributed by atoms with Crippen LogP contribution in [0.2, 0.25) is 0 Å². The van der Waals surface area contributed by atoms with E-state index in [1.807, 2.05) is 0 Å². The molecular formula is C17H24F2N2O2. The summed E-state index contributed by atoms with van der Waals surface area (Å²) in [6.07, 6.45) is 0.328. The fourth-order valence-electron chi connectivity index (χ4n) is 3.45. The number of halogens is 2. The third kappa shape index (κ3) is 4.47. The van der Waals surface area contributed by atoms with Gasteiger partial charge >= 0.3 is 0 Å². The van der Waals surface area contributed by atoms with Gasteiger partial charge in [-0.05, 0) is 36.6 Å². The van der Waals surface area contributed by atoms with Gasteiger partial charge in [-0.1, -0.05) is 6.07 Å². The molecule has 0 aromatic heterocycles. The van der Waals surface area contributed by atoms with E-state index in [9.17, 15) is 13.9 Å². The summed E-state index contributed by atoms with van der Waals surface area (Å²) < 4.78 is 31.6. The second-order valence-electron chi connectivity index (χ2n) is 6.52. The van der Waals surface area contributed by atoms with Gasteiger partial charge in [0.1, 0.15) is 0 Å². The highest BCUT2D eigenvalue weighted by Crippen LogP contribution is 2.23. The lowest BCUT2D eigenvalue weighted by atomic mass is 10.1. The number of nitrogens with zero attached hydrogens (tertiary/aromatic N) is 2. The van der Waals surface area contributed by atoms with Crippen LogP contribution in [-0.2, 0) is 4.74 Å². The predicted octanol–water partition coefficient (Wildman–Crippen LogP) is 1.65. The topological polar surface area (TPSA) is 35.9 Å². The molecule has 0 aliphatic carbocycles. The van der Waals surface area contributed by atoms with Crippen molar-refractivity contribution >= 4 is 0 Å². The number of aliphatic hydroxyl groups is 1. The molecule has 2 saturated heterocycles. The fraction of sp³-hybridized carbons (Fsp3) is 0.647. The summed E-state index contributed by atoms with van der Waals surface area (Å²) in [7, 11) is 0. The summed E-state index contributed by atoms with van der Waals surface area (Å²) in [6.45, 7) is 7.03. The molecule has 2 aliphatic rings. The van der Waals surface area contributed by atoms with Crippen LogP contribution >= 0.6 is 0 Å². The van der Waals surface area contributed by atoms with Crippen LogP contribution in [-0.4, -0.2) is 67.4 Å². The molecule has 2 atom stereocenters. The minimum absolute atomic E-state index is 0.431. The molecule has 0 saturated carbocycles. The zero-order valence-corrected chi connectivity index (χ0v) is 13.3. The van der Waals surface area contributed by atoms with Crippen molar-refractivity contribution in [2.45, 2.75) is 12.5 Å². The van der Waals surface area contributed by atoms with E-state index in [2.05, 4.69) is 9.80 Å². The van der Waals surface area contributed by atoms with Crippen LogP contribution in [0.5, 0.6) is 0 Å². The van der Waals surface area contributed by atoms with Crippen LogP contribution in [0.4, 0.5) is 8.78 Å². The molecule has 0 radical (unpaired) electrons. The molecule has 2 unspecified atom stereocenters. The summed E-state index contributed by atoms with van der Waals surface area (Å²) in [6, 6.07) is 3.60. The Kier molecular flexibility index (Phi) is 5.58. The Bertz CT molecular complexity index is 523. The molecule has 0 bridgehead atoms. The number of benzene rings is 1. The molecular weight excluding hydrogens is 302 g/mol. The van der Waals surface area contributed by atoms with Gasteiger partial charge in [-0.3, -0.25) is 4.90 Å². The number of hydrogen-bond acceptors (Lipinski definition) is 4. The Morgan fingerprint density at radius 2 is 1.91 bits per heavy atom. The number of ether oxygens (including phenoxy) is 1. The lowest BCUT2D eigenvalue weighted by molar-refractivity contribution is 0.0308. The quantitative estimate of drug-likeness (QED) is 0.893. The van der Waals surface area contributed by atoms with Crippen molar-refractivity contribution in [3.05, 3.63) is 35.4 Å². The molecule has 23 heavy (non-hydrogen) atoms. The third-order valence-corrected chi connectivity index (χ3v) is 4.75. The van der Waals surface area contributed by atoms with E-state index in [1.165, 1.54) is 6.07 Å². The number of β-amino-alcohol motifs (C(OH)–C–C–N with tert-alkyl or cyclic N) is 1. The molecule has 2 fully saturated rings. The molecule has 128 valence electrons. The number of morpholine rings is 1. The lowest BCUT2D eigenvalue weighted by Crippen LogP contribution is -2.40. The normalized spacial score (nSPS) is 24.9. The van der Waals surface area contributed by atoms with Crippen LogP contribution in [0.25, 0.3) is 0 Å². The molecule has 3 rings (SSSR count). The number of rotatable bonds is 5. The first kappa shape index (κ1) is 16.8. The Balaban J connectivity index is 1.47. The Morgan fingerprint density at radius 1 is 1.13 bits per heavy atom. The molecule has 1 N–H and O–H groups in total. The van der Waals surface area contributed by atoms with E-state index in [1.54, 1.807) is 0 Å². The maximum Gasteiger partial charge on any atom is 0.159 e. The van der Waals surface area contributed by atoms with E-state index < -0.39 is 17.7 Å². The Labute approximate surface area is 135 Å². The van der Waals surface area contributed by atoms with Gasteiger partial charge in [0.15, 0.2) is 11.6 Å². The zero-order valence-electron chi connectivity index (χ0n) is 13.3. The number of aliphatic hydroxyl groups excluding tert-OH is 1. The van der Waals surface area contributed by atoms with E-state index in [-0.39, 0.29) is 0 Å². The monoisotopic (exact) mass is 326 g/mol. The molecule has 0 amide bonds. The molecule has 6 heteroatoms. The maximum atomic E-state index is 13.3. The van der Waals surface area contributed by atoms with Crippen molar-refractivity contribution in [3.8, 4) is 0 Å². The smallest absolute Gasteiger partial charge is 0.159 e. The first-order valence-electron chi connectivity index (χ1n) is 8.27. The van der Waals surface area contributed by atoms with E-state index in [4.69, 9.17) is 4.74 Å². The van der Waals surface area contributed by atoms with Gasteiger partial charge in [-0.15, -0.1) is 0 Å². The molecule has 0 spiro atoms. The van der Waals surface area contributed by atoms with Gasteiger partial charge in [0.05, 0.1) is 19.3 Å². The average Bonchev–Trinajstić information content (AvgIpc) is 2.98. The maximum absolute atomic E-state index is 13.3. The van der Waals surface area contributed by atoms with E-state index >= 15 is 0 Å². The van der Waals surface area contributed by atoms with Gasteiger partial charge in [-0.2, -0.15) is 0 Å². The average molecular weight is 326 g/mol. The fourth-order valence-corrected chi connectivity index (χ4v) is 3.45. The molecule has 1 aromatic carbocycles. The zero-order chi connectivity index (χ0) is 16.2. The number of hydrogen-bond donors (Lipinski definition) is 1. The van der Waals surface area contributed by atoms with Crippen molar-refractivity contribution in [1.82, 2.24) is 9.80 Å². The molecule has 2 aliphatic heterocycles. The van der Waals surface area contributed by atoms with E-state index in [0.717, 1.165) is 64.5 Å². The first-order chi connectivity index (χ1) is 11.1. The minimum atomic E-state index is -0.909. The standard InChI is InChI=1S/C17H24F2N2O2/c18-15-2-1-14(9-16(15)19)17(22)12-21-4-3-13(11-21)10-20-5-7-23-8-6-20/h1-2,9,13,17,22H,3-8,10-12H2. The lowest BCUT2D eigenvalue weighted by Gasteiger charge is -2.29. The molecule has 4 nitrogen and oxygen atoms in total. The van der Waals surface area contributed by atoms with Crippen molar-refractivity contribution < 1.29 is 18.6 Å². The Morgan fingerprint density at radius 3 is 2.65 bits per heavy atom. The highest BCUT2D eigenvalue weighted by Gasteiger charge is 2.26. The SMILES string of the molecule is OC(CN1CCC(CN2CCOCC2)C1)c1ccc(F)c(F)c1. The minimum Gasteiger partial charge on any atom is -0.387 e. The summed E-state index contributed by atoms with van der Waals surface area (Å²) in [4.78, 5) is 4.64. The van der Waals surface area contributed by atoms with Crippen molar-refractivity contribution in [2.75, 3.05) is 52.5 Å². The van der Waals surface area contributed by atoms with E-state index in [0.29, 0.717) is 18.0 Å². The highest BCUT2D eigenvalue weighted by molar-refractivity contribution is 5.20. The first-order valence-corrected chi connectivity index (χ1v) is 8.27. The van der Waals surface area contributed by atoms with Crippen LogP contribution in [0.3, 0.4) is 0 Å². The Hall–Kier alpha value is -1.08. The largest absolute Gasteiger partial charge is 0.387 e. The van der Waals surface area contributed by atoms with Crippen molar-refractivity contribution in [3.63, 3.8) is 0 Å². The molecule has 2 heterocycles. The second-order valence-corrected chi connectivity index (χ2v) is 6.52. The van der Waals surface area contributed by atoms with Crippen molar-refractivity contribution in [2.24, 2.45) is 5.92 Å². The molecule has 1 aromatic rings. The van der Waals surface area contributed by atoms with Crippen LogP contribution in [0.1, 0.15) is 18.1 Å². The van der Waals surface area contributed by atoms with Crippen LogP contribution < -0.4 is 0 Å². The second kappa shape index (κ2) is 7.66. The van der Waals surface area contributed by atoms with Gasteiger partial charge in [-0.25, -0.2) is 8.78 Å². The summed E-state index contributed by atoms with van der Waals surface area (Å²) in [5, 5.41) is 10.2. The predicted molar refractivity (Wildman–Crippen MR) is 83.1 cm³/mol. The third-order valence-electron chi connectivity index (χ3n) is 4.75. The van der Waals surface area contributed by atoms with Crippen molar-refractivity contribution in [1.29, 1.82) is 0 Å². The highest BCUT2D eigenvalue weighted by atomic mass is 19.2. The van der Waals surface area contributed by atoms with Gasteiger partial charge in [0.25, 0.3) is 0 Å². The summed E-state index contributed by atoms with van der Waals surface area (Å²) in [5.41, 5.74) is 0.431. The summed E-state index contributed by atoms with van der Waals surface area (Å²) in [5.74, 6) is -1.19. The van der Waals surface area contributed by atoms with Gasteiger partial charge < -0.3 is 14.7 Å². The van der Waals surface area contributed by atoms with Crippen LogP contribution in [0, 0.1) is 17.6 Å². The van der Waals surface area contributed by atoms with Gasteiger partial charge in [0, 0.05) is 32.7 Å². The number of likely N-dealkylation sites (tertiary alicyclic amines) is 1. The van der Waals surface area contributed by atoms with Crippen LogP contribution in [0.15, 0.2) is 18.2 Å². The summed E-state index contributed by atoms with van der Waals surface area (Å²) >= 11 is 0. The van der Waals surface area contributed by atoms with Gasteiger partial charge in [0.2, 0.25) is 0 Å².